The third kappa shape index (κ3) is 4.85. The minimum atomic E-state index is -0.304. The number of carbonyl (C=O) groups excluding carboxylic acids is 1. The van der Waals surface area contributed by atoms with Gasteiger partial charge in [0.15, 0.2) is 0 Å². The first-order valence-corrected chi connectivity index (χ1v) is 14.8. The van der Waals surface area contributed by atoms with Crippen molar-refractivity contribution < 1.29 is 19.0 Å². The Balaban J connectivity index is 1.23. The van der Waals surface area contributed by atoms with Gasteiger partial charge in [-0.15, -0.1) is 0 Å². The van der Waals surface area contributed by atoms with Crippen molar-refractivity contribution in [3.63, 3.8) is 0 Å². The molecule has 3 aromatic carbocycles. The van der Waals surface area contributed by atoms with Crippen molar-refractivity contribution in [1.82, 2.24) is 4.90 Å². The van der Waals surface area contributed by atoms with Gasteiger partial charge in [0.05, 0.1) is 25.9 Å². The number of hydrogen-bond acceptors (Lipinski definition) is 5. The number of morpholine rings is 1. The summed E-state index contributed by atoms with van der Waals surface area (Å²) in [5, 5.41) is 2.50. The molecule has 0 atom stereocenters. The van der Waals surface area contributed by atoms with Gasteiger partial charge in [-0.1, -0.05) is 24.3 Å². The Bertz CT molecular complexity index is 1320. The summed E-state index contributed by atoms with van der Waals surface area (Å²) in [4.78, 5) is 14.3. The molecule has 0 N–H and O–H groups in total. The van der Waals surface area contributed by atoms with Gasteiger partial charge in [-0.05, 0) is 114 Å². The van der Waals surface area contributed by atoms with Crippen molar-refractivity contribution in [2.24, 2.45) is 17.8 Å². The van der Waals surface area contributed by atoms with E-state index in [-0.39, 0.29) is 11.4 Å². The smallest absolute Gasteiger partial charge is 0.337 e. The average Bonchev–Trinajstić information content (AvgIpc) is 2.96. The molecule has 4 saturated carbocycles. The van der Waals surface area contributed by atoms with Crippen LogP contribution in [0, 0.1) is 17.8 Å². The fourth-order valence-electron chi connectivity index (χ4n) is 8.46. The Morgan fingerprint density at radius 2 is 1.54 bits per heavy atom. The second-order valence-electron chi connectivity index (χ2n) is 12.5. The number of methoxy groups -OCH3 is 1. The number of rotatable bonds is 7. The van der Waals surface area contributed by atoms with Crippen molar-refractivity contribution in [1.29, 1.82) is 0 Å². The Hall–Kier alpha value is -2.89. The van der Waals surface area contributed by atoms with Gasteiger partial charge >= 0.3 is 5.97 Å². The molecular weight excluding hydrogens is 486 g/mol. The van der Waals surface area contributed by atoms with E-state index in [0.717, 1.165) is 74.1 Å². The van der Waals surface area contributed by atoms with Crippen molar-refractivity contribution in [3.8, 4) is 16.9 Å². The summed E-state index contributed by atoms with van der Waals surface area (Å²) in [6.07, 6.45) is 8.26. The molecule has 1 heterocycles. The van der Waals surface area contributed by atoms with Crippen molar-refractivity contribution in [2.75, 3.05) is 46.6 Å². The monoisotopic (exact) mass is 525 g/mol. The maximum Gasteiger partial charge on any atom is 0.337 e. The number of esters is 1. The zero-order valence-corrected chi connectivity index (χ0v) is 23.0. The number of fused-ring (bicyclic) bond motifs is 1. The average molecular weight is 526 g/mol. The van der Waals surface area contributed by atoms with Crippen molar-refractivity contribution >= 4 is 16.7 Å². The molecule has 4 aliphatic carbocycles. The fraction of sp³-hybridized carbons (Fsp3) is 0.500. The van der Waals surface area contributed by atoms with Crippen LogP contribution in [0.25, 0.3) is 21.9 Å². The second-order valence-corrected chi connectivity index (χ2v) is 12.5. The molecule has 1 saturated heterocycles. The quantitative estimate of drug-likeness (QED) is 0.331. The van der Waals surface area contributed by atoms with Crippen LogP contribution < -0.4 is 4.74 Å². The minimum Gasteiger partial charge on any atom is -0.492 e. The van der Waals surface area contributed by atoms with Crippen LogP contribution in [0.2, 0.25) is 0 Å². The van der Waals surface area contributed by atoms with Crippen LogP contribution in [0.4, 0.5) is 0 Å². The van der Waals surface area contributed by atoms with E-state index < -0.39 is 0 Å². The molecule has 39 heavy (non-hydrogen) atoms. The van der Waals surface area contributed by atoms with Crippen LogP contribution in [-0.4, -0.2) is 57.4 Å². The van der Waals surface area contributed by atoms with Gasteiger partial charge in [0.1, 0.15) is 12.4 Å². The predicted molar refractivity (Wildman–Crippen MR) is 153 cm³/mol. The lowest BCUT2D eigenvalue weighted by Crippen LogP contribution is -2.48. The number of hydrogen-bond donors (Lipinski definition) is 0. The van der Waals surface area contributed by atoms with E-state index in [2.05, 4.69) is 35.2 Å². The maximum atomic E-state index is 11.9. The summed E-state index contributed by atoms with van der Waals surface area (Å²) >= 11 is 0. The van der Waals surface area contributed by atoms with Gasteiger partial charge in [-0.2, -0.15) is 0 Å². The van der Waals surface area contributed by atoms with Crippen LogP contribution in [-0.2, 0) is 14.9 Å². The van der Waals surface area contributed by atoms with Crippen LogP contribution in [0.15, 0.2) is 54.6 Å². The number of nitrogens with zero attached hydrogens (tertiary/aromatic N) is 1. The molecule has 0 spiro atoms. The molecule has 5 nitrogen and oxygen atoms in total. The van der Waals surface area contributed by atoms with Crippen LogP contribution in [0.1, 0.15) is 54.4 Å². The lowest BCUT2D eigenvalue weighted by atomic mass is 9.48. The highest BCUT2D eigenvalue weighted by atomic mass is 16.5. The Kier molecular flexibility index (Phi) is 6.60. The summed E-state index contributed by atoms with van der Waals surface area (Å²) in [7, 11) is 1.42. The zero-order chi connectivity index (χ0) is 26.4. The Morgan fingerprint density at radius 1 is 0.872 bits per heavy atom. The summed E-state index contributed by atoms with van der Waals surface area (Å²) in [6.45, 7) is 5.29. The van der Waals surface area contributed by atoms with Crippen molar-refractivity contribution in [3.05, 3.63) is 65.7 Å². The molecule has 5 fully saturated rings. The molecular formula is C34H39NO4. The first-order valence-electron chi connectivity index (χ1n) is 14.8. The van der Waals surface area contributed by atoms with Crippen LogP contribution >= 0.6 is 0 Å². The molecule has 8 rings (SSSR count). The topological polar surface area (TPSA) is 48.0 Å². The zero-order valence-electron chi connectivity index (χ0n) is 23.0. The molecule has 204 valence electrons. The Labute approximate surface area is 231 Å². The van der Waals surface area contributed by atoms with E-state index >= 15 is 0 Å². The summed E-state index contributed by atoms with van der Waals surface area (Å²) < 4.78 is 17.1. The first-order chi connectivity index (χ1) is 19.1. The third-order valence-corrected chi connectivity index (χ3v) is 9.96. The number of ether oxygens (including phenoxy) is 3. The largest absolute Gasteiger partial charge is 0.492 e. The van der Waals surface area contributed by atoms with E-state index in [1.165, 1.54) is 62.0 Å². The highest BCUT2D eigenvalue weighted by Crippen LogP contribution is 2.62. The van der Waals surface area contributed by atoms with Crippen molar-refractivity contribution in [2.45, 2.75) is 43.9 Å². The first kappa shape index (κ1) is 25.1. The molecule has 3 aromatic rings. The van der Waals surface area contributed by atoms with E-state index in [9.17, 15) is 4.79 Å². The van der Waals surface area contributed by atoms with E-state index in [4.69, 9.17) is 14.2 Å². The van der Waals surface area contributed by atoms with E-state index in [1.54, 1.807) is 0 Å². The van der Waals surface area contributed by atoms with Crippen LogP contribution in [0.5, 0.6) is 5.75 Å². The summed E-state index contributed by atoms with van der Waals surface area (Å²) in [6, 6.07) is 19.2. The SMILES string of the molecule is COC(=O)c1ccc(-c2ccc3cc(OCCN4CCOCC4)c(C45CC6CC(CC(C6)C4)C5)cc3c2)cc1. The van der Waals surface area contributed by atoms with Gasteiger partial charge in [0.25, 0.3) is 0 Å². The number of carbonyl (C=O) groups is 1. The molecule has 0 aromatic heterocycles. The lowest BCUT2D eigenvalue weighted by Gasteiger charge is -2.57. The summed E-state index contributed by atoms with van der Waals surface area (Å²) in [5.41, 5.74) is 4.55. The Morgan fingerprint density at radius 3 is 2.21 bits per heavy atom. The highest BCUT2D eigenvalue weighted by Gasteiger charge is 2.52. The molecule has 0 unspecified atom stereocenters. The second kappa shape index (κ2) is 10.3. The fourth-order valence-corrected chi connectivity index (χ4v) is 8.46. The van der Waals surface area contributed by atoms with E-state index in [1.807, 2.05) is 24.3 Å². The third-order valence-electron chi connectivity index (χ3n) is 9.96. The highest BCUT2D eigenvalue weighted by molar-refractivity contribution is 5.92. The van der Waals surface area contributed by atoms with Gasteiger partial charge in [-0.25, -0.2) is 4.79 Å². The predicted octanol–water partition coefficient (Wildman–Crippen LogP) is 6.47. The molecule has 0 radical (unpaired) electrons. The van der Waals surface area contributed by atoms with Gasteiger partial charge in [0.2, 0.25) is 0 Å². The maximum absolute atomic E-state index is 11.9. The standard InChI is InChI=1S/C34H39NO4/c1-37-33(36)27-4-2-26(3-5-27)28-6-7-29-19-32(39-13-10-35-8-11-38-12-9-35)31(18-30(29)17-28)34-20-23-14-24(21-34)16-25(15-23)22-34/h2-7,17-19,23-25H,8-16,20-22H2,1H3. The lowest BCUT2D eigenvalue weighted by molar-refractivity contribution is -0.00661. The van der Waals surface area contributed by atoms with Gasteiger partial charge in [-0.3, -0.25) is 4.90 Å². The normalized spacial score (nSPS) is 28.1. The van der Waals surface area contributed by atoms with Gasteiger partial charge in [0, 0.05) is 25.2 Å². The minimum absolute atomic E-state index is 0.259. The molecule has 5 aliphatic rings. The molecule has 0 amide bonds. The van der Waals surface area contributed by atoms with Gasteiger partial charge < -0.3 is 14.2 Å². The molecule has 1 aliphatic heterocycles. The summed E-state index contributed by atoms with van der Waals surface area (Å²) in [5.74, 6) is 3.45. The molecule has 5 heteroatoms. The van der Waals surface area contributed by atoms with Crippen LogP contribution in [0.3, 0.4) is 0 Å². The number of benzene rings is 3. The van der Waals surface area contributed by atoms with E-state index in [0.29, 0.717) is 5.56 Å². The molecule has 4 bridgehead atoms.